The van der Waals surface area contributed by atoms with Gasteiger partial charge in [-0.15, -0.1) is 0 Å². The van der Waals surface area contributed by atoms with Crippen molar-refractivity contribution in [1.29, 1.82) is 0 Å². The highest BCUT2D eigenvalue weighted by Gasteiger charge is 2.46. The van der Waals surface area contributed by atoms with Gasteiger partial charge < -0.3 is 19.5 Å². The minimum Gasteiger partial charge on any atom is -0.507 e. The molecule has 1 atom stereocenters. The van der Waals surface area contributed by atoms with Gasteiger partial charge in [-0.05, 0) is 53.4 Å². The maximum Gasteiger partial charge on any atom is 0.295 e. The molecule has 1 N–H and O–H groups in total. The Morgan fingerprint density at radius 2 is 1.75 bits per heavy atom. The van der Waals surface area contributed by atoms with Crippen molar-refractivity contribution in [3.8, 4) is 11.5 Å². The molecule has 7 nitrogen and oxygen atoms in total. The highest BCUT2D eigenvalue weighted by molar-refractivity contribution is 6.46. The number of aromatic nitrogens is 1. The van der Waals surface area contributed by atoms with E-state index in [0.29, 0.717) is 34.8 Å². The smallest absolute Gasteiger partial charge is 0.295 e. The highest BCUT2D eigenvalue weighted by atomic mass is 19.1. The van der Waals surface area contributed by atoms with Gasteiger partial charge in [0.05, 0.1) is 18.7 Å². The van der Waals surface area contributed by atoms with Crippen molar-refractivity contribution in [1.82, 2.24) is 9.88 Å². The van der Waals surface area contributed by atoms with E-state index in [2.05, 4.69) is 4.98 Å². The zero-order valence-electron chi connectivity index (χ0n) is 22.0. The summed E-state index contributed by atoms with van der Waals surface area (Å²) in [6.07, 6.45) is 3.22. The van der Waals surface area contributed by atoms with Gasteiger partial charge in [0.1, 0.15) is 18.2 Å². The van der Waals surface area contributed by atoms with Crippen molar-refractivity contribution >= 4 is 17.4 Å². The molecule has 0 bridgehead atoms. The quantitative estimate of drug-likeness (QED) is 0.175. The van der Waals surface area contributed by atoms with E-state index in [1.165, 1.54) is 24.1 Å². The normalized spacial score (nSPS) is 16.3. The van der Waals surface area contributed by atoms with Crippen molar-refractivity contribution in [3.63, 3.8) is 0 Å². The number of pyridine rings is 1. The van der Waals surface area contributed by atoms with Gasteiger partial charge in [0.25, 0.3) is 11.7 Å². The molecule has 0 unspecified atom stereocenters. The maximum atomic E-state index is 14.4. The number of halogens is 1. The average Bonchev–Trinajstić information content (AvgIpc) is 3.23. The molecule has 1 saturated heterocycles. The van der Waals surface area contributed by atoms with Gasteiger partial charge in [-0.2, -0.15) is 0 Å². The Kier molecular flexibility index (Phi) is 7.59. The lowest BCUT2D eigenvalue weighted by Crippen LogP contribution is -2.29. The lowest BCUT2D eigenvalue weighted by Gasteiger charge is -2.26. The summed E-state index contributed by atoms with van der Waals surface area (Å²) in [7, 11) is 1.50. The highest BCUT2D eigenvalue weighted by Crippen LogP contribution is 2.43. The van der Waals surface area contributed by atoms with Gasteiger partial charge in [-0.3, -0.25) is 14.6 Å². The molecule has 5 rings (SSSR count). The Labute approximate surface area is 231 Å². The summed E-state index contributed by atoms with van der Waals surface area (Å²) in [5, 5.41) is 11.3. The van der Waals surface area contributed by atoms with E-state index in [9.17, 15) is 19.1 Å². The fourth-order valence-corrected chi connectivity index (χ4v) is 4.68. The molecule has 1 aliphatic heterocycles. The van der Waals surface area contributed by atoms with Crippen molar-refractivity contribution < 1.29 is 28.6 Å². The van der Waals surface area contributed by atoms with Gasteiger partial charge in [-0.1, -0.05) is 54.6 Å². The lowest BCUT2D eigenvalue weighted by atomic mass is 9.94. The predicted molar refractivity (Wildman–Crippen MR) is 147 cm³/mol. The van der Waals surface area contributed by atoms with Crippen LogP contribution in [0.1, 0.15) is 33.9 Å². The number of carbonyl (C=O) groups excluding carboxylic acids is 2. The van der Waals surface area contributed by atoms with Crippen LogP contribution >= 0.6 is 0 Å². The van der Waals surface area contributed by atoms with Crippen LogP contribution in [-0.2, 0) is 22.7 Å². The third-order valence-corrected chi connectivity index (χ3v) is 6.80. The number of hydrogen-bond donors (Lipinski definition) is 1. The molecule has 0 saturated carbocycles. The monoisotopic (exact) mass is 538 g/mol. The number of carbonyl (C=O) groups is 2. The Morgan fingerprint density at radius 1 is 0.975 bits per heavy atom. The molecule has 40 heavy (non-hydrogen) atoms. The van der Waals surface area contributed by atoms with Gasteiger partial charge in [0.2, 0.25) is 0 Å². The molecule has 1 fully saturated rings. The van der Waals surface area contributed by atoms with Crippen LogP contribution in [0.15, 0.2) is 96.8 Å². The fraction of sp³-hybridized carbons (Fsp3) is 0.156. The number of ketones is 1. The zero-order valence-corrected chi connectivity index (χ0v) is 22.0. The SMILES string of the molecule is COc1cc([C@H]2C(=C(O)c3ccc(C)c(F)c3)C(=O)C(=O)N2Cc2cccnc2)ccc1OCc1ccccc1. The molecule has 8 heteroatoms. The second-order valence-electron chi connectivity index (χ2n) is 9.44. The first-order valence-electron chi connectivity index (χ1n) is 12.7. The summed E-state index contributed by atoms with van der Waals surface area (Å²) in [6.45, 7) is 1.98. The lowest BCUT2D eigenvalue weighted by molar-refractivity contribution is -0.140. The van der Waals surface area contributed by atoms with E-state index in [4.69, 9.17) is 9.47 Å². The van der Waals surface area contributed by atoms with Crippen molar-refractivity contribution in [2.75, 3.05) is 7.11 Å². The van der Waals surface area contributed by atoms with Crippen molar-refractivity contribution in [2.24, 2.45) is 0 Å². The number of methoxy groups -OCH3 is 1. The molecule has 2 heterocycles. The number of rotatable bonds is 8. The number of benzene rings is 3. The number of Topliss-reactive ketones (excluding diaryl/α,β-unsaturated/α-hetero) is 1. The number of likely N-dealkylation sites (tertiary alicyclic amines) is 1. The summed E-state index contributed by atoms with van der Waals surface area (Å²) < 4.78 is 26.0. The number of ether oxygens (including phenoxy) is 2. The van der Waals surface area contributed by atoms with Crippen LogP contribution in [0.25, 0.3) is 5.76 Å². The second kappa shape index (κ2) is 11.4. The number of amides is 1. The molecular weight excluding hydrogens is 511 g/mol. The molecule has 0 spiro atoms. The minimum absolute atomic E-state index is 0.0662. The van der Waals surface area contributed by atoms with Crippen LogP contribution in [0, 0.1) is 12.7 Å². The molecule has 1 amide bonds. The van der Waals surface area contributed by atoms with E-state index >= 15 is 0 Å². The van der Waals surface area contributed by atoms with Gasteiger partial charge >= 0.3 is 0 Å². The Bertz CT molecular complexity index is 1590. The first-order chi connectivity index (χ1) is 19.4. The summed E-state index contributed by atoms with van der Waals surface area (Å²) in [6, 6.07) is 21.5. The second-order valence-corrected chi connectivity index (χ2v) is 9.44. The van der Waals surface area contributed by atoms with Gasteiger partial charge in [-0.25, -0.2) is 4.39 Å². The molecule has 1 aromatic heterocycles. The van der Waals surface area contributed by atoms with E-state index in [1.54, 1.807) is 49.6 Å². The molecule has 0 aliphatic carbocycles. The molecule has 202 valence electrons. The van der Waals surface area contributed by atoms with Crippen LogP contribution in [-0.4, -0.2) is 33.8 Å². The summed E-state index contributed by atoms with van der Waals surface area (Å²) in [4.78, 5) is 32.2. The van der Waals surface area contributed by atoms with E-state index in [-0.39, 0.29) is 17.7 Å². The molecule has 3 aromatic carbocycles. The maximum absolute atomic E-state index is 14.4. The van der Waals surface area contributed by atoms with Crippen LogP contribution < -0.4 is 9.47 Å². The number of nitrogens with zero attached hydrogens (tertiary/aromatic N) is 2. The van der Waals surface area contributed by atoms with Crippen LogP contribution in [0.5, 0.6) is 11.5 Å². The summed E-state index contributed by atoms with van der Waals surface area (Å²) in [5.41, 5.74) is 2.54. The first kappa shape index (κ1) is 26.6. The third-order valence-electron chi connectivity index (χ3n) is 6.80. The first-order valence-corrected chi connectivity index (χ1v) is 12.7. The summed E-state index contributed by atoms with van der Waals surface area (Å²) >= 11 is 0. The minimum atomic E-state index is -0.971. The van der Waals surface area contributed by atoms with Gasteiger partial charge in [0.15, 0.2) is 11.5 Å². The Morgan fingerprint density at radius 3 is 2.45 bits per heavy atom. The fourth-order valence-electron chi connectivity index (χ4n) is 4.68. The molecular formula is C32H27FN2O5. The van der Waals surface area contributed by atoms with E-state index in [0.717, 1.165) is 11.6 Å². The number of aliphatic hydroxyl groups is 1. The Balaban J connectivity index is 1.58. The molecule has 0 radical (unpaired) electrons. The number of hydrogen-bond acceptors (Lipinski definition) is 6. The number of aryl methyl sites for hydroxylation is 1. The third kappa shape index (κ3) is 5.29. The van der Waals surface area contributed by atoms with Crippen LogP contribution in [0.3, 0.4) is 0 Å². The predicted octanol–water partition coefficient (Wildman–Crippen LogP) is 5.74. The standard InChI is InChI=1S/C32H27FN2O5/c1-20-10-11-24(15-25(20)33)30(36)28-29(35(32(38)31(28)37)18-22-9-6-14-34-17-22)23-12-13-26(27(16-23)39-2)40-19-21-7-4-3-5-8-21/h3-17,29,36H,18-19H2,1-2H3/t29-/m0/s1. The number of aliphatic hydroxyl groups excluding tert-OH is 1. The van der Waals surface area contributed by atoms with Crippen molar-refractivity contribution in [3.05, 3.63) is 130 Å². The topological polar surface area (TPSA) is 89.0 Å². The largest absolute Gasteiger partial charge is 0.507 e. The van der Waals surface area contributed by atoms with Crippen LogP contribution in [0.4, 0.5) is 4.39 Å². The zero-order chi connectivity index (χ0) is 28.2. The average molecular weight is 539 g/mol. The van der Waals surface area contributed by atoms with Crippen molar-refractivity contribution in [2.45, 2.75) is 26.1 Å². The summed E-state index contributed by atoms with van der Waals surface area (Å²) in [5.74, 6) is -1.78. The molecule has 4 aromatic rings. The van der Waals surface area contributed by atoms with Gasteiger partial charge in [0, 0.05) is 24.5 Å². The van der Waals surface area contributed by atoms with Crippen LogP contribution in [0.2, 0.25) is 0 Å². The van der Waals surface area contributed by atoms with E-state index in [1.807, 2.05) is 30.3 Å². The Hall–Kier alpha value is -4.98. The molecule has 1 aliphatic rings. The van der Waals surface area contributed by atoms with E-state index < -0.39 is 29.3 Å².